The number of likely N-dealkylation sites (tertiary alicyclic amines) is 1. The zero-order valence-corrected chi connectivity index (χ0v) is 18.3. The average Bonchev–Trinajstić information content (AvgIpc) is 3.10. The van der Waals surface area contributed by atoms with E-state index in [-0.39, 0.29) is 36.4 Å². The molecule has 3 N–H and O–H groups in total. The molecule has 6 nitrogen and oxygen atoms in total. The number of nitrogens with one attached hydrogen (secondary N) is 3. The second kappa shape index (κ2) is 11.2. The Morgan fingerprint density at radius 1 is 1.19 bits per heavy atom. The summed E-state index contributed by atoms with van der Waals surface area (Å²) >= 11 is 0. The fourth-order valence-corrected chi connectivity index (χ4v) is 3.39. The summed E-state index contributed by atoms with van der Waals surface area (Å²) in [5.74, 6) is 0.830. The van der Waals surface area contributed by atoms with Crippen molar-refractivity contribution in [3.63, 3.8) is 0 Å². The lowest BCUT2D eigenvalue weighted by atomic mass is 10.1. The van der Waals surface area contributed by atoms with Crippen LogP contribution in [0, 0.1) is 0 Å². The van der Waals surface area contributed by atoms with E-state index in [4.69, 9.17) is 0 Å². The molecule has 1 aliphatic rings. The normalized spacial score (nSPS) is 14.7. The van der Waals surface area contributed by atoms with Gasteiger partial charge in [0.05, 0.1) is 0 Å². The summed E-state index contributed by atoms with van der Waals surface area (Å²) in [6, 6.07) is 8.32. The highest BCUT2D eigenvalue weighted by molar-refractivity contribution is 14.0. The fraction of sp³-hybridized carbons (Fsp3) is 0.500. The van der Waals surface area contributed by atoms with Crippen LogP contribution in [0.4, 0.5) is 0 Å². The van der Waals surface area contributed by atoms with Crippen LogP contribution in [0.2, 0.25) is 0 Å². The molecule has 0 atom stereocenters. The number of hydrogen-bond donors (Lipinski definition) is 3. The summed E-state index contributed by atoms with van der Waals surface area (Å²) in [5.41, 5.74) is 2.45. The summed E-state index contributed by atoms with van der Waals surface area (Å²) in [7, 11) is 0. The Morgan fingerprint density at radius 3 is 2.74 bits per heavy atom. The zero-order valence-electron chi connectivity index (χ0n) is 16.0. The van der Waals surface area contributed by atoms with Crippen molar-refractivity contribution in [2.45, 2.75) is 32.6 Å². The maximum atomic E-state index is 12.3. The number of hydrogen-bond acceptors (Lipinski definition) is 2. The molecule has 1 aromatic heterocycles. The Hall–Kier alpha value is -1.77. The molecule has 27 heavy (non-hydrogen) atoms. The molecule has 7 heteroatoms. The summed E-state index contributed by atoms with van der Waals surface area (Å²) in [6.45, 7) is 5.53. The molecule has 2 heterocycles. The van der Waals surface area contributed by atoms with Gasteiger partial charge in [0, 0.05) is 43.3 Å². The summed E-state index contributed by atoms with van der Waals surface area (Å²) in [5, 5.41) is 7.82. The topological polar surface area (TPSA) is 72.5 Å². The van der Waals surface area contributed by atoms with E-state index < -0.39 is 0 Å². The van der Waals surface area contributed by atoms with Crippen LogP contribution in [0.1, 0.15) is 31.7 Å². The number of amides is 1. The van der Waals surface area contributed by atoms with Crippen molar-refractivity contribution in [1.29, 1.82) is 0 Å². The third-order valence-corrected chi connectivity index (χ3v) is 4.79. The molecule has 1 aromatic carbocycles. The van der Waals surface area contributed by atoms with Crippen LogP contribution in [-0.4, -0.2) is 54.5 Å². The van der Waals surface area contributed by atoms with Gasteiger partial charge in [0.2, 0.25) is 5.91 Å². The van der Waals surface area contributed by atoms with Crippen molar-refractivity contribution in [2.75, 3.05) is 32.7 Å². The van der Waals surface area contributed by atoms with E-state index in [1.165, 1.54) is 17.4 Å². The second-order valence-corrected chi connectivity index (χ2v) is 6.67. The number of halogens is 1. The summed E-state index contributed by atoms with van der Waals surface area (Å²) in [6.07, 6.45) is 6.41. The Bertz CT molecular complexity index is 752. The SMILES string of the molecule is CCNC(=NCC(=O)N1CCCCC1)NCCc1c[nH]c2ccccc12.I. The van der Waals surface area contributed by atoms with Crippen LogP contribution in [-0.2, 0) is 11.2 Å². The van der Waals surface area contributed by atoms with Crippen molar-refractivity contribution in [3.8, 4) is 0 Å². The quantitative estimate of drug-likeness (QED) is 0.336. The van der Waals surface area contributed by atoms with Gasteiger partial charge in [-0.1, -0.05) is 18.2 Å². The Morgan fingerprint density at radius 2 is 1.96 bits per heavy atom. The van der Waals surface area contributed by atoms with Crippen LogP contribution < -0.4 is 10.6 Å². The lowest BCUT2D eigenvalue weighted by Gasteiger charge is -2.26. The van der Waals surface area contributed by atoms with E-state index in [1.54, 1.807) is 0 Å². The van der Waals surface area contributed by atoms with Crippen LogP contribution in [0.3, 0.4) is 0 Å². The first-order valence-electron chi connectivity index (χ1n) is 9.63. The number of aliphatic imine (C=N–C) groups is 1. The smallest absolute Gasteiger partial charge is 0.244 e. The van der Waals surface area contributed by atoms with E-state index in [9.17, 15) is 4.79 Å². The van der Waals surface area contributed by atoms with Crippen LogP contribution in [0.25, 0.3) is 10.9 Å². The molecule has 1 amide bonds. The molecule has 0 saturated carbocycles. The lowest BCUT2D eigenvalue weighted by molar-refractivity contribution is -0.130. The molecule has 148 valence electrons. The minimum atomic E-state index is 0. The molecule has 1 fully saturated rings. The van der Waals surface area contributed by atoms with Crippen molar-refractivity contribution in [2.24, 2.45) is 4.99 Å². The largest absolute Gasteiger partial charge is 0.361 e. The highest BCUT2D eigenvalue weighted by Gasteiger charge is 2.15. The van der Waals surface area contributed by atoms with Gasteiger partial charge >= 0.3 is 0 Å². The van der Waals surface area contributed by atoms with Gasteiger partial charge < -0.3 is 20.5 Å². The van der Waals surface area contributed by atoms with E-state index in [2.05, 4.69) is 45.0 Å². The number of carbonyl (C=O) groups is 1. The van der Waals surface area contributed by atoms with Gasteiger partial charge in [0.1, 0.15) is 6.54 Å². The summed E-state index contributed by atoms with van der Waals surface area (Å²) in [4.78, 5) is 22.0. The van der Waals surface area contributed by atoms with Crippen molar-refractivity contribution >= 4 is 46.7 Å². The molecule has 1 aliphatic heterocycles. The van der Waals surface area contributed by atoms with Crippen LogP contribution in [0.5, 0.6) is 0 Å². The van der Waals surface area contributed by atoms with Gasteiger partial charge in [-0.15, -0.1) is 24.0 Å². The number of nitrogens with zero attached hydrogens (tertiary/aromatic N) is 2. The van der Waals surface area contributed by atoms with Gasteiger partial charge in [-0.3, -0.25) is 4.79 Å². The standard InChI is InChI=1S/C20H29N5O.HI/c1-2-21-20(24-15-19(26)25-12-6-3-7-13-25)22-11-10-16-14-23-18-9-5-4-8-17(16)18;/h4-5,8-9,14,23H,2-3,6-7,10-13,15H2,1H3,(H2,21,22,24);1H. The number of benzene rings is 1. The molecular formula is C20H30IN5O. The number of piperidine rings is 1. The Balaban J connectivity index is 0.00000261. The zero-order chi connectivity index (χ0) is 18.2. The maximum absolute atomic E-state index is 12.3. The number of guanidine groups is 1. The highest BCUT2D eigenvalue weighted by atomic mass is 127. The molecular weight excluding hydrogens is 453 g/mol. The average molecular weight is 483 g/mol. The van der Waals surface area contributed by atoms with Crippen molar-refractivity contribution in [1.82, 2.24) is 20.5 Å². The minimum absolute atomic E-state index is 0. The van der Waals surface area contributed by atoms with Gasteiger partial charge in [-0.25, -0.2) is 4.99 Å². The Kier molecular flexibility index (Phi) is 8.90. The van der Waals surface area contributed by atoms with Gasteiger partial charge in [0.25, 0.3) is 0 Å². The number of carbonyl (C=O) groups excluding carboxylic acids is 1. The second-order valence-electron chi connectivity index (χ2n) is 6.67. The Labute approximate surface area is 178 Å². The van der Waals surface area contributed by atoms with E-state index in [0.29, 0.717) is 5.96 Å². The molecule has 1 saturated heterocycles. The first-order valence-corrected chi connectivity index (χ1v) is 9.63. The first-order chi connectivity index (χ1) is 12.8. The van der Waals surface area contributed by atoms with Crippen LogP contribution >= 0.6 is 24.0 Å². The molecule has 0 unspecified atom stereocenters. The third-order valence-electron chi connectivity index (χ3n) is 4.79. The number of fused-ring (bicyclic) bond motifs is 1. The monoisotopic (exact) mass is 483 g/mol. The number of aromatic nitrogens is 1. The van der Waals surface area contributed by atoms with Crippen molar-refractivity contribution in [3.05, 3.63) is 36.0 Å². The predicted octanol–water partition coefficient (Wildman–Crippen LogP) is 2.90. The van der Waals surface area contributed by atoms with E-state index in [1.807, 2.05) is 17.9 Å². The number of H-pyrrole nitrogens is 1. The molecule has 2 aromatic rings. The fourth-order valence-electron chi connectivity index (χ4n) is 3.39. The molecule has 0 bridgehead atoms. The van der Waals surface area contributed by atoms with Crippen LogP contribution in [0.15, 0.2) is 35.5 Å². The third kappa shape index (κ3) is 6.12. The van der Waals surface area contributed by atoms with E-state index in [0.717, 1.165) is 51.0 Å². The minimum Gasteiger partial charge on any atom is -0.361 e. The molecule has 0 spiro atoms. The highest BCUT2D eigenvalue weighted by Crippen LogP contribution is 2.17. The van der Waals surface area contributed by atoms with Gasteiger partial charge in [-0.2, -0.15) is 0 Å². The molecule has 3 rings (SSSR count). The molecule has 0 aliphatic carbocycles. The first kappa shape index (κ1) is 21.5. The predicted molar refractivity (Wildman–Crippen MR) is 122 cm³/mol. The van der Waals surface area contributed by atoms with Gasteiger partial charge in [-0.05, 0) is 44.2 Å². The number of para-hydroxylation sites is 1. The summed E-state index contributed by atoms with van der Waals surface area (Å²) < 4.78 is 0. The number of rotatable bonds is 6. The maximum Gasteiger partial charge on any atom is 0.244 e. The van der Waals surface area contributed by atoms with E-state index >= 15 is 0 Å². The lowest BCUT2D eigenvalue weighted by Crippen LogP contribution is -2.41. The number of aromatic amines is 1. The van der Waals surface area contributed by atoms with Crippen molar-refractivity contribution < 1.29 is 4.79 Å². The van der Waals surface area contributed by atoms with Gasteiger partial charge in [0.15, 0.2) is 5.96 Å². The molecule has 0 radical (unpaired) electrons.